The largest absolute Gasteiger partial charge is 0.394 e. The molecular weight excluding hydrogens is 266 g/mol. The summed E-state index contributed by atoms with van der Waals surface area (Å²) in [7, 11) is -3.38. The number of aliphatic hydroxyl groups is 1. The fourth-order valence-corrected chi connectivity index (χ4v) is 3.69. The van der Waals surface area contributed by atoms with Crippen molar-refractivity contribution in [2.24, 2.45) is 0 Å². The van der Waals surface area contributed by atoms with Gasteiger partial charge in [0.2, 0.25) is 10.0 Å². The quantitative estimate of drug-likeness (QED) is 0.871. The highest BCUT2D eigenvalue weighted by atomic mass is 32.2. The molecule has 1 heterocycles. The molecule has 0 atom stereocenters. The van der Waals surface area contributed by atoms with Crippen molar-refractivity contribution in [2.45, 2.75) is 23.8 Å². The van der Waals surface area contributed by atoms with Crippen LogP contribution in [0.15, 0.2) is 35.2 Å². The van der Waals surface area contributed by atoms with E-state index in [-0.39, 0.29) is 12.7 Å². The Morgan fingerprint density at radius 1 is 1.21 bits per heavy atom. The summed E-state index contributed by atoms with van der Waals surface area (Å²) in [4.78, 5) is 0.338. The van der Waals surface area contributed by atoms with Crippen LogP contribution < -0.4 is 0 Å². The van der Waals surface area contributed by atoms with E-state index in [9.17, 15) is 8.42 Å². The zero-order valence-electron chi connectivity index (χ0n) is 10.7. The first kappa shape index (κ1) is 14.5. The highest BCUT2D eigenvalue weighted by molar-refractivity contribution is 7.89. The molecule has 0 saturated carbocycles. The lowest BCUT2D eigenvalue weighted by atomic mass is 10.1. The summed E-state index contributed by atoms with van der Waals surface area (Å²) in [6.45, 7) is 1.25. The van der Waals surface area contributed by atoms with Gasteiger partial charge >= 0.3 is 0 Å². The summed E-state index contributed by atoms with van der Waals surface area (Å²) in [6.07, 6.45) is 1.40. The summed E-state index contributed by atoms with van der Waals surface area (Å²) in [5, 5.41) is 8.70. The van der Waals surface area contributed by atoms with E-state index < -0.39 is 10.0 Å². The number of rotatable bonds is 5. The third kappa shape index (κ3) is 3.54. The zero-order valence-corrected chi connectivity index (χ0v) is 11.6. The number of hydrogen-bond donors (Lipinski definition) is 1. The summed E-state index contributed by atoms with van der Waals surface area (Å²) in [5.41, 5.74) is 0. The van der Waals surface area contributed by atoms with Gasteiger partial charge in [-0.3, -0.25) is 0 Å². The van der Waals surface area contributed by atoms with E-state index in [0.29, 0.717) is 37.4 Å². The number of benzene rings is 1. The summed E-state index contributed by atoms with van der Waals surface area (Å²) in [5.74, 6) is 0. The molecule has 1 aromatic carbocycles. The number of ether oxygens (including phenoxy) is 1. The molecule has 1 saturated heterocycles. The van der Waals surface area contributed by atoms with Crippen molar-refractivity contribution in [1.82, 2.24) is 4.31 Å². The van der Waals surface area contributed by atoms with Gasteiger partial charge in [-0.2, -0.15) is 4.31 Å². The lowest BCUT2D eigenvalue weighted by Crippen LogP contribution is -2.41. The van der Waals surface area contributed by atoms with Crippen LogP contribution in [0.3, 0.4) is 0 Å². The highest BCUT2D eigenvalue weighted by Gasteiger charge is 2.29. The Hall–Kier alpha value is -0.950. The number of sulfonamides is 1. The predicted molar refractivity (Wildman–Crippen MR) is 71.3 cm³/mol. The molecule has 19 heavy (non-hydrogen) atoms. The van der Waals surface area contributed by atoms with E-state index in [0.717, 1.165) is 0 Å². The van der Waals surface area contributed by atoms with Crippen LogP contribution in [-0.4, -0.2) is 50.2 Å². The number of aliphatic hydroxyl groups excluding tert-OH is 1. The second kappa shape index (κ2) is 6.47. The maximum Gasteiger partial charge on any atom is 0.243 e. The van der Waals surface area contributed by atoms with Gasteiger partial charge in [0, 0.05) is 13.1 Å². The summed E-state index contributed by atoms with van der Waals surface area (Å²) < 4.78 is 31.6. The Labute approximate surface area is 113 Å². The first-order chi connectivity index (χ1) is 9.14. The Morgan fingerprint density at radius 2 is 1.84 bits per heavy atom. The lowest BCUT2D eigenvalue weighted by Gasteiger charge is -2.31. The van der Waals surface area contributed by atoms with E-state index in [2.05, 4.69) is 0 Å². The fourth-order valence-electron chi connectivity index (χ4n) is 2.20. The molecule has 0 aromatic heterocycles. The second-order valence-corrected chi connectivity index (χ2v) is 6.45. The van der Waals surface area contributed by atoms with Gasteiger partial charge in [0.15, 0.2) is 0 Å². The number of piperidine rings is 1. The highest BCUT2D eigenvalue weighted by Crippen LogP contribution is 2.21. The molecule has 0 aliphatic carbocycles. The van der Waals surface area contributed by atoms with Crippen LogP contribution >= 0.6 is 0 Å². The van der Waals surface area contributed by atoms with Crippen molar-refractivity contribution >= 4 is 10.0 Å². The van der Waals surface area contributed by atoms with E-state index in [1.165, 1.54) is 4.31 Å². The van der Waals surface area contributed by atoms with Crippen LogP contribution in [0.2, 0.25) is 0 Å². The first-order valence-corrected chi connectivity index (χ1v) is 7.86. The Morgan fingerprint density at radius 3 is 2.42 bits per heavy atom. The van der Waals surface area contributed by atoms with Gasteiger partial charge in [0.1, 0.15) is 0 Å². The van der Waals surface area contributed by atoms with Gasteiger partial charge in [-0.05, 0) is 25.0 Å². The smallest absolute Gasteiger partial charge is 0.243 e. The minimum Gasteiger partial charge on any atom is -0.394 e. The molecule has 1 N–H and O–H groups in total. The zero-order chi connectivity index (χ0) is 13.7. The van der Waals surface area contributed by atoms with Gasteiger partial charge in [-0.15, -0.1) is 0 Å². The second-order valence-electron chi connectivity index (χ2n) is 4.51. The third-order valence-electron chi connectivity index (χ3n) is 3.23. The van der Waals surface area contributed by atoms with Gasteiger partial charge in [-0.25, -0.2) is 8.42 Å². The fraction of sp³-hybridized carbons (Fsp3) is 0.538. The van der Waals surface area contributed by atoms with E-state index in [4.69, 9.17) is 9.84 Å². The third-order valence-corrected chi connectivity index (χ3v) is 5.14. The number of nitrogens with zero attached hydrogens (tertiary/aromatic N) is 1. The number of hydrogen-bond acceptors (Lipinski definition) is 4. The molecule has 5 nitrogen and oxygen atoms in total. The summed E-state index contributed by atoms with van der Waals surface area (Å²) >= 11 is 0. The van der Waals surface area contributed by atoms with E-state index >= 15 is 0 Å². The Kier molecular flexibility index (Phi) is 4.93. The van der Waals surface area contributed by atoms with Crippen molar-refractivity contribution in [3.05, 3.63) is 30.3 Å². The van der Waals surface area contributed by atoms with Gasteiger partial charge in [0.25, 0.3) is 0 Å². The topological polar surface area (TPSA) is 66.8 Å². The van der Waals surface area contributed by atoms with E-state index in [1.54, 1.807) is 30.3 Å². The molecule has 0 radical (unpaired) electrons. The van der Waals surface area contributed by atoms with Crippen LogP contribution in [0.25, 0.3) is 0 Å². The maximum absolute atomic E-state index is 12.4. The molecule has 106 valence electrons. The molecule has 0 spiro atoms. The van der Waals surface area contributed by atoms with Crippen molar-refractivity contribution in [3.8, 4) is 0 Å². The van der Waals surface area contributed by atoms with Crippen LogP contribution in [0.5, 0.6) is 0 Å². The van der Waals surface area contributed by atoms with Gasteiger partial charge in [0.05, 0.1) is 24.2 Å². The van der Waals surface area contributed by atoms with Crippen LogP contribution in [0.4, 0.5) is 0 Å². The normalized spacial score (nSPS) is 18.6. The molecule has 2 rings (SSSR count). The first-order valence-electron chi connectivity index (χ1n) is 6.42. The Balaban J connectivity index is 1.98. The minimum absolute atomic E-state index is 0.00251. The minimum atomic E-state index is -3.38. The molecule has 1 aliphatic heterocycles. The van der Waals surface area contributed by atoms with Crippen molar-refractivity contribution in [1.29, 1.82) is 0 Å². The SMILES string of the molecule is O=S(=O)(c1ccccc1)N1CCC(OCCO)CC1. The monoisotopic (exact) mass is 285 g/mol. The average molecular weight is 285 g/mol. The Bertz CT molecular complexity index is 481. The van der Waals surface area contributed by atoms with Crippen molar-refractivity contribution < 1.29 is 18.3 Å². The molecule has 0 bridgehead atoms. The molecule has 0 amide bonds. The molecule has 1 fully saturated rings. The average Bonchev–Trinajstić information content (AvgIpc) is 2.46. The predicted octanol–water partition coefficient (Wildman–Crippen LogP) is 0.849. The van der Waals surface area contributed by atoms with Crippen molar-refractivity contribution in [2.75, 3.05) is 26.3 Å². The molecular formula is C13H19NO4S. The van der Waals surface area contributed by atoms with Crippen LogP contribution in [0, 0.1) is 0 Å². The van der Waals surface area contributed by atoms with Crippen molar-refractivity contribution in [3.63, 3.8) is 0 Å². The summed E-state index contributed by atoms with van der Waals surface area (Å²) in [6, 6.07) is 8.48. The standard InChI is InChI=1S/C13H19NO4S/c15-10-11-18-12-6-8-14(9-7-12)19(16,17)13-4-2-1-3-5-13/h1-5,12,15H,6-11H2. The molecule has 1 aromatic rings. The van der Waals surface area contributed by atoms with Gasteiger partial charge in [-0.1, -0.05) is 18.2 Å². The van der Waals surface area contributed by atoms with Crippen LogP contribution in [0.1, 0.15) is 12.8 Å². The maximum atomic E-state index is 12.4. The van der Waals surface area contributed by atoms with Gasteiger partial charge < -0.3 is 9.84 Å². The molecule has 1 aliphatic rings. The van der Waals surface area contributed by atoms with Crippen LogP contribution in [-0.2, 0) is 14.8 Å². The molecule has 6 heteroatoms. The molecule has 0 unspecified atom stereocenters. The lowest BCUT2D eigenvalue weighted by molar-refractivity contribution is 0.00318. The van der Waals surface area contributed by atoms with E-state index in [1.807, 2.05) is 0 Å².